The number of carbonyl (C=O) groups is 4. The third kappa shape index (κ3) is 25.4. The van der Waals surface area contributed by atoms with E-state index in [1.807, 2.05) is 96.1 Å². The minimum atomic E-state index is -1.86. The number of amides is 4. The van der Waals surface area contributed by atoms with E-state index in [1.54, 1.807) is 51.1 Å². The number of hydrogen-bond donors (Lipinski definition) is 0. The van der Waals surface area contributed by atoms with Crippen molar-refractivity contribution in [1.82, 2.24) is 19.6 Å². The maximum absolute atomic E-state index is 14.6. The quantitative estimate of drug-likeness (QED) is 0.0221. The van der Waals surface area contributed by atoms with Crippen LogP contribution in [0.2, 0.25) is 96.1 Å². The SMILES string of the molecule is CC(C)[Si](C#CCCCCN1C(=O)C2=C(c3ccc(Br)s3)N(CCCCC#C[Si](C(C)C)(C(C)C)C(C)C)C(=O)C2=C1c1ccc(Br)s1)(C(C)C)C(C)C.CC1=C2C(=O)N(CCCCC#C[Si](C(C)C)(C(C)C)C(C)C)C(c3ccc(-c4ccc(-c5ccc(-c6ccc(C)s6)s5)s4)s3)=C2C(=O)N1CCCCC#C[Si](C(C)C)(C(C)C)C(C)C.[CH3][Sn]([CH3])([CH3])[c]1ccc(-c2cc[c]([Sn]([CH3])([CH3])[CH3])s2)s1. The van der Waals surface area contributed by atoms with Gasteiger partial charge in [-0.15, -0.1) is 114 Å². The number of allylic oxidation sites excluding steroid dienone is 1. The van der Waals surface area contributed by atoms with E-state index < -0.39 is 69.0 Å². The molecule has 136 heavy (non-hydrogen) atoms. The third-order valence-corrected chi connectivity index (χ3v) is 83.9. The molecule has 12 rings (SSSR count). The van der Waals surface area contributed by atoms with Crippen LogP contribution in [-0.4, -0.2) is 138 Å². The molecule has 12 heterocycles. The first kappa shape index (κ1) is 114. The zero-order valence-corrected chi connectivity index (χ0v) is 107. The maximum atomic E-state index is 14.6. The van der Waals surface area contributed by atoms with Crippen molar-refractivity contribution >= 4 is 238 Å². The van der Waals surface area contributed by atoms with Crippen molar-refractivity contribution in [1.29, 1.82) is 0 Å². The van der Waals surface area contributed by atoms with Crippen LogP contribution in [0.3, 0.4) is 0 Å². The van der Waals surface area contributed by atoms with Crippen LogP contribution < -0.4 is 5.79 Å². The molecule has 8 aromatic rings. The summed E-state index contributed by atoms with van der Waals surface area (Å²) in [4.78, 5) is 95.6. The van der Waals surface area contributed by atoms with E-state index in [0.717, 1.165) is 127 Å². The summed E-state index contributed by atoms with van der Waals surface area (Å²) < 4.78 is 5.33. The molecule has 0 radical (unpaired) electrons. The normalized spacial score (nSPS) is 14.7. The van der Waals surface area contributed by atoms with Gasteiger partial charge in [0.15, 0.2) is 0 Å². The van der Waals surface area contributed by atoms with Crippen LogP contribution in [0, 0.1) is 52.8 Å². The van der Waals surface area contributed by atoms with Crippen molar-refractivity contribution < 1.29 is 19.2 Å². The van der Waals surface area contributed by atoms with Gasteiger partial charge < -0.3 is 19.6 Å². The molecule has 734 valence electrons. The Labute approximate surface area is 883 Å². The molecule has 0 aliphatic carbocycles. The van der Waals surface area contributed by atoms with Gasteiger partial charge in [0.1, 0.15) is 32.3 Å². The summed E-state index contributed by atoms with van der Waals surface area (Å²) in [6, 6.07) is 35.2. The van der Waals surface area contributed by atoms with Gasteiger partial charge in [0.05, 0.1) is 61.6 Å². The van der Waals surface area contributed by atoms with Gasteiger partial charge in [0.2, 0.25) is 0 Å². The number of hydrogen-bond acceptors (Lipinski definition) is 12. The fraction of sp³-hybridized carbons (Fsp3) is 0.536. The van der Waals surface area contributed by atoms with Crippen LogP contribution in [0.25, 0.3) is 56.1 Å². The summed E-state index contributed by atoms with van der Waals surface area (Å²) in [5.74, 6) is 14.2. The van der Waals surface area contributed by atoms with Gasteiger partial charge in [-0.1, -0.05) is 166 Å². The fourth-order valence-corrected chi connectivity index (χ4v) is 63.1. The van der Waals surface area contributed by atoms with Crippen molar-refractivity contribution in [3.05, 3.63) is 152 Å². The van der Waals surface area contributed by atoms with Gasteiger partial charge in [0, 0.05) is 91.7 Å². The summed E-state index contributed by atoms with van der Waals surface area (Å²) in [6.07, 6.45) is 10.3. The molecule has 4 amide bonds. The van der Waals surface area contributed by atoms with E-state index in [4.69, 9.17) is 0 Å². The molecule has 8 nitrogen and oxygen atoms in total. The zero-order chi connectivity index (χ0) is 100. The van der Waals surface area contributed by atoms with Crippen LogP contribution in [-0.2, 0) is 19.2 Å². The van der Waals surface area contributed by atoms with Gasteiger partial charge in [0.25, 0.3) is 23.6 Å². The molecular weight excluding hydrogens is 2230 g/mol. The van der Waals surface area contributed by atoms with Crippen molar-refractivity contribution in [2.45, 2.75) is 353 Å². The van der Waals surface area contributed by atoms with Crippen LogP contribution in [0.1, 0.15) is 270 Å². The topological polar surface area (TPSA) is 81.2 Å². The van der Waals surface area contributed by atoms with E-state index in [0.29, 0.717) is 115 Å². The van der Waals surface area contributed by atoms with Crippen LogP contribution in [0.5, 0.6) is 0 Å². The Kier molecular flexibility index (Phi) is 41.4. The second-order valence-electron chi connectivity index (χ2n) is 43.5. The summed E-state index contributed by atoms with van der Waals surface area (Å²) in [5, 5.41) is 0. The zero-order valence-electron chi connectivity index (χ0n) is 87.9. The average molecular weight is 2390 g/mol. The summed E-state index contributed by atoms with van der Waals surface area (Å²) in [6.45, 7) is 62.9. The summed E-state index contributed by atoms with van der Waals surface area (Å²) in [7, 11) is -7.11. The van der Waals surface area contributed by atoms with Gasteiger partial charge in [-0.25, -0.2) is 0 Å². The second kappa shape index (κ2) is 49.3. The Morgan fingerprint density at radius 2 is 0.478 bits per heavy atom. The number of unbranched alkanes of at least 4 members (excludes halogenated alkanes) is 8. The molecular formula is C112H156Br2N4O4S8Si4Sn2. The Balaban J connectivity index is 0.000000239. The number of fused-ring (bicyclic) bond motifs is 2. The molecule has 0 spiro atoms. The third-order valence-electron chi connectivity index (χ3n) is 29.1. The Hall–Kier alpha value is -3.90. The molecule has 4 aliphatic rings. The first-order chi connectivity index (χ1) is 64.0. The van der Waals surface area contributed by atoms with E-state index in [9.17, 15) is 19.2 Å². The Morgan fingerprint density at radius 1 is 0.265 bits per heavy atom. The number of thiophene rings is 8. The molecule has 4 aliphatic heterocycles. The van der Waals surface area contributed by atoms with Gasteiger partial charge in [-0.3, -0.25) is 19.2 Å². The Morgan fingerprint density at radius 3 is 0.728 bits per heavy atom. The monoisotopic (exact) mass is 2390 g/mol. The number of nitrogens with zero attached hydrogens (tertiary/aromatic N) is 4. The van der Waals surface area contributed by atoms with Gasteiger partial charge in [-0.2, -0.15) is 0 Å². The average Bonchev–Trinajstić information content (AvgIpc) is 1.49. The summed E-state index contributed by atoms with van der Waals surface area (Å²) >= 11 is 18.0. The van der Waals surface area contributed by atoms with Crippen LogP contribution in [0.4, 0.5) is 0 Å². The van der Waals surface area contributed by atoms with E-state index in [1.165, 1.54) is 39.0 Å². The second-order valence-corrected chi connectivity index (χ2v) is 108. The predicted octanol–water partition coefficient (Wildman–Crippen LogP) is 35.2. The van der Waals surface area contributed by atoms with Gasteiger partial charge >= 0.3 is 129 Å². The van der Waals surface area contributed by atoms with Crippen molar-refractivity contribution in [2.75, 3.05) is 26.2 Å². The first-order valence-electron chi connectivity index (χ1n) is 50.3. The van der Waals surface area contributed by atoms with E-state index in [2.05, 4.69) is 353 Å². The summed E-state index contributed by atoms with van der Waals surface area (Å²) in [5.41, 5.74) is 28.1. The fourth-order valence-electron chi connectivity index (χ4n) is 22.2. The standard InChI is InChI=1S/C54H72N2O2S4Si2.C44H62Br2N2O2S2Si2.C8H4S2.6CH3.2Sn/c1-35(2)63(36(3)4,37(5)6)33-21-17-15-19-31-55-42(14)50-51(54(55)58)52(56(53(50)57)32-20-16-18-22-34-64(38(7)8,39(9)10)40(11)12)49-30-29-48(62-49)47-28-27-46(61-47)45-26-25-44(60-45)43-24-23-41(13)59-43;1-29(2)53(30(3)4,31(5)6)27-19-15-13-17-25-47-41(35-21-23-37(45)51-35)39-40(43(47)49)42(36-22-24-38(46)52-36)48(44(39)50)26-18-14-16-20-28-54(32(7)8,33(9)10)34(11)12;1-3-7(9-5-1)8-4-2-6-10-8;;;;;;;;/h23-30,35-40H,15-20,31-32H2,1-14H3;21-24,29-34H,13-18,25-26H2,1-12H3;1-4H;6*1H3;;. The van der Waals surface area contributed by atoms with E-state index in [-0.39, 0.29) is 23.6 Å². The number of aryl methyl sites for hydroxylation is 1. The predicted molar refractivity (Wildman–Crippen MR) is 628 cm³/mol. The number of carbonyl (C=O) groups excluding carboxylic acids is 4. The molecule has 0 atom stereocenters. The van der Waals surface area contributed by atoms with E-state index >= 15 is 0 Å². The van der Waals surface area contributed by atoms with Gasteiger partial charge in [-0.05, 0) is 236 Å². The Bertz CT molecular complexity index is 5660. The first-order valence-corrected chi connectivity index (χ1v) is 87.3. The van der Waals surface area contributed by atoms with Crippen LogP contribution in [0.15, 0.2) is 133 Å². The molecule has 0 saturated carbocycles. The molecule has 0 unspecified atom stereocenters. The molecule has 0 saturated heterocycles. The van der Waals surface area contributed by atoms with Crippen LogP contribution >= 0.6 is 123 Å². The molecule has 0 bridgehead atoms. The minimum absolute atomic E-state index is 0.0405. The molecule has 24 heteroatoms. The van der Waals surface area contributed by atoms with Crippen molar-refractivity contribution in [3.8, 4) is 84.9 Å². The molecule has 0 fully saturated rings. The molecule has 0 aromatic carbocycles. The molecule has 0 N–H and O–H groups in total. The number of rotatable bonds is 37. The van der Waals surface area contributed by atoms with Crippen molar-refractivity contribution in [2.24, 2.45) is 0 Å². The van der Waals surface area contributed by atoms with Crippen molar-refractivity contribution in [3.63, 3.8) is 0 Å². The molecule has 8 aromatic heterocycles. The number of halogens is 2.